The highest BCUT2D eigenvalue weighted by molar-refractivity contribution is 5.94. The van der Waals surface area contributed by atoms with Crippen LogP contribution in [0.15, 0.2) is 51.9 Å². The van der Waals surface area contributed by atoms with E-state index in [2.05, 4.69) is 52.2 Å². The van der Waals surface area contributed by atoms with Crippen LogP contribution in [0.4, 0.5) is 0 Å². The van der Waals surface area contributed by atoms with Crippen LogP contribution >= 0.6 is 0 Å². The van der Waals surface area contributed by atoms with Crippen LogP contribution < -0.4 is 11.4 Å². The smallest absolute Gasteiger partial charge is 0.328 e. The van der Waals surface area contributed by atoms with Crippen LogP contribution in [0.1, 0.15) is 45.0 Å². The SMILES string of the molecule is C#CC.CC=C(C)C.CC=NC.Cn1c(=O)[nH]c2ncc(-c3cccc(C(N)=O)c3)nc21. The number of benzene rings is 1. The second kappa shape index (κ2) is 14.9. The van der Waals surface area contributed by atoms with Crippen molar-refractivity contribution in [1.29, 1.82) is 0 Å². The summed E-state index contributed by atoms with van der Waals surface area (Å²) in [6, 6.07) is 6.79. The molecule has 170 valence electrons. The predicted octanol–water partition coefficient (Wildman–Crippen LogP) is 3.74. The Balaban J connectivity index is 0.000000669. The number of rotatable bonds is 2. The number of nitrogens with zero attached hydrogens (tertiary/aromatic N) is 4. The fourth-order valence-electron chi connectivity index (χ4n) is 1.95. The molecule has 3 aromatic rings. The molecule has 3 N–H and O–H groups in total. The second-order valence-corrected chi connectivity index (χ2v) is 6.53. The summed E-state index contributed by atoms with van der Waals surface area (Å²) in [6.45, 7) is 9.75. The number of hydrogen-bond acceptors (Lipinski definition) is 5. The lowest BCUT2D eigenvalue weighted by molar-refractivity contribution is 0.100. The van der Waals surface area contributed by atoms with Crippen LogP contribution in [0.25, 0.3) is 22.6 Å². The summed E-state index contributed by atoms with van der Waals surface area (Å²) in [4.78, 5) is 37.4. The second-order valence-electron chi connectivity index (χ2n) is 6.53. The van der Waals surface area contributed by atoms with Crippen molar-refractivity contribution < 1.29 is 4.79 Å². The van der Waals surface area contributed by atoms with Gasteiger partial charge in [-0.25, -0.2) is 14.8 Å². The molecule has 0 bridgehead atoms. The normalized spacial score (nSPS) is 9.31. The van der Waals surface area contributed by atoms with Crippen molar-refractivity contribution in [1.82, 2.24) is 19.5 Å². The summed E-state index contributed by atoms with van der Waals surface area (Å²) in [5.41, 5.74) is 8.91. The molecule has 8 nitrogen and oxygen atoms in total. The topological polar surface area (TPSA) is 119 Å². The number of aromatic amines is 1. The number of carbonyl (C=O) groups is 1. The highest BCUT2D eigenvalue weighted by Gasteiger charge is 2.09. The van der Waals surface area contributed by atoms with Gasteiger partial charge in [-0.3, -0.25) is 14.3 Å². The number of allylic oxidation sites excluding steroid dienone is 2. The third kappa shape index (κ3) is 9.22. The Morgan fingerprint density at radius 2 is 1.88 bits per heavy atom. The molecule has 0 aliphatic carbocycles. The molecule has 1 aromatic carbocycles. The number of nitrogens with one attached hydrogen (secondary N) is 1. The van der Waals surface area contributed by atoms with Crippen molar-refractivity contribution in [3.8, 4) is 23.6 Å². The third-order valence-electron chi connectivity index (χ3n) is 3.88. The quantitative estimate of drug-likeness (QED) is 0.361. The van der Waals surface area contributed by atoms with Crippen LogP contribution in [0, 0.1) is 12.3 Å². The highest BCUT2D eigenvalue weighted by Crippen LogP contribution is 2.19. The third-order valence-corrected chi connectivity index (χ3v) is 3.88. The number of carbonyl (C=O) groups excluding carboxylic acids is 1. The van der Waals surface area contributed by atoms with Crippen molar-refractivity contribution in [2.45, 2.75) is 34.6 Å². The molecule has 0 unspecified atom stereocenters. The van der Waals surface area contributed by atoms with E-state index in [1.165, 1.54) is 10.1 Å². The van der Waals surface area contributed by atoms with Gasteiger partial charge in [0.15, 0.2) is 11.3 Å². The molecule has 8 heteroatoms. The number of H-pyrrole nitrogens is 1. The van der Waals surface area contributed by atoms with Gasteiger partial charge in [0.2, 0.25) is 5.91 Å². The van der Waals surface area contributed by atoms with E-state index in [1.807, 2.05) is 13.8 Å². The lowest BCUT2D eigenvalue weighted by Crippen LogP contribution is -2.12. The van der Waals surface area contributed by atoms with Crippen molar-refractivity contribution in [2.75, 3.05) is 7.05 Å². The van der Waals surface area contributed by atoms with Gasteiger partial charge in [-0.1, -0.05) is 23.8 Å². The van der Waals surface area contributed by atoms with Gasteiger partial charge < -0.3 is 10.7 Å². The van der Waals surface area contributed by atoms with Crippen LogP contribution in [0.5, 0.6) is 0 Å². The van der Waals surface area contributed by atoms with E-state index < -0.39 is 5.91 Å². The van der Waals surface area contributed by atoms with Crippen LogP contribution in [-0.4, -0.2) is 38.7 Å². The van der Waals surface area contributed by atoms with Crippen LogP contribution in [0.2, 0.25) is 0 Å². The first-order valence-corrected chi connectivity index (χ1v) is 9.82. The molecule has 0 saturated carbocycles. The minimum Gasteiger partial charge on any atom is -0.366 e. The summed E-state index contributed by atoms with van der Waals surface area (Å²) >= 11 is 0. The average Bonchev–Trinajstić information content (AvgIpc) is 3.08. The van der Waals surface area contributed by atoms with Crippen LogP contribution in [0.3, 0.4) is 0 Å². The standard InChI is InChI=1S/C13H11N5O2.C5H10.C3H7N.C3H4/c1-18-12-11(17-13(18)20)15-6-9(16-12)7-3-2-4-8(5-7)10(14)19;1-4-5(2)3;1-3-4-2;1-3-2/h2-6H,1H3,(H2,14,19)(H,15,17,20);4H,1-3H3;3H,1-2H3;1H,2H3. The molecular formula is C24H32N6O2. The van der Waals surface area contributed by atoms with E-state index in [0.29, 0.717) is 28.1 Å². The number of fused-ring (bicyclic) bond motifs is 1. The Hall–Kier alpha value is -3.99. The molecule has 1 amide bonds. The summed E-state index contributed by atoms with van der Waals surface area (Å²) in [5, 5.41) is 0. The van der Waals surface area contributed by atoms with Crippen molar-refractivity contribution in [2.24, 2.45) is 17.8 Å². The average molecular weight is 437 g/mol. The van der Waals surface area contributed by atoms with Crippen molar-refractivity contribution in [3.63, 3.8) is 0 Å². The zero-order valence-electron chi connectivity index (χ0n) is 19.8. The molecule has 0 fully saturated rings. The Kier molecular flexibility index (Phi) is 13.0. The zero-order chi connectivity index (χ0) is 24.7. The van der Waals surface area contributed by atoms with Crippen molar-refractivity contribution >= 4 is 23.4 Å². The van der Waals surface area contributed by atoms with E-state index in [4.69, 9.17) is 5.73 Å². The molecule has 32 heavy (non-hydrogen) atoms. The first-order valence-electron chi connectivity index (χ1n) is 9.82. The summed E-state index contributed by atoms with van der Waals surface area (Å²) in [6.07, 6.45) is 9.97. The maximum Gasteiger partial charge on any atom is 0.328 e. The first kappa shape index (κ1) is 28.0. The summed E-state index contributed by atoms with van der Waals surface area (Å²) in [5.74, 6) is 1.75. The Morgan fingerprint density at radius 3 is 2.34 bits per heavy atom. The van der Waals surface area contributed by atoms with Crippen molar-refractivity contribution in [3.05, 3.63) is 58.2 Å². The van der Waals surface area contributed by atoms with Gasteiger partial charge in [-0.2, -0.15) is 0 Å². The lowest BCUT2D eigenvalue weighted by atomic mass is 10.1. The maximum absolute atomic E-state index is 11.5. The molecule has 0 aliphatic heterocycles. The van der Waals surface area contributed by atoms with Gasteiger partial charge in [-0.15, -0.1) is 12.3 Å². The number of aromatic nitrogens is 4. The molecule has 3 rings (SSSR count). The predicted molar refractivity (Wildman–Crippen MR) is 133 cm³/mol. The Morgan fingerprint density at radius 1 is 1.31 bits per heavy atom. The molecular weight excluding hydrogens is 404 g/mol. The molecule has 2 heterocycles. The van der Waals surface area contributed by atoms with E-state index in [0.717, 1.165) is 0 Å². The Bertz CT molecular complexity index is 1160. The van der Waals surface area contributed by atoms with Gasteiger partial charge in [0.05, 0.1) is 11.9 Å². The summed E-state index contributed by atoms with van der Waals surface area (Å²) in [7, 11) is 3.36. The zero-order valence-corrected chi connectivity index (χ0v) is 19.8. The van der Waals surface area contributed by atoms with E-state index in [1.54, 1.807) is 57.7 Å². The molecule has 0 radical (unpaired) electrons. The Labute approximate surface area is 189 Å². The van der Waals surface area contributed by atoms with Crippen LogP contribution in [-0.2, 0) is 7.05 Å². The lowest BCUT2D eigenvalue weighted by Gasteiger charge is -2.03. The number of aliphatic imine (C=N–C) groups is 1. The molecule has 0 saturated heterocycles. The number of nitrogens with two attached hydrogens (primary N) is 1. The molecule has 2 aromatic heterocycles. The number of hydrogen-bond donors (Lipinski definition) is 2. The fraction of sp³-hybridized carbons (Fsp3) is 0.292. The number of primary amides is 1. The molecule has 0 spiro atoms. The van der Waals surface area contributed by atoms with Gasteiger partial charge in [0.25, 0.3) is 0 Å². The fourth-order valence-corrected chi connectivity index (χ4v) is 1.95. The number of amides is 1. The summed E-state index contributed by atoms with van der Waals surface area (Å²) < 4.78 is 1.38. The number of aryl methyl sites for hydroxylation is 1. The molecule has 0 atom stereocenters. The largest absolute Gasteiger partial charge is 0.366 e. The van der Waals surface area contributed by atoms with E-state index in [9.17, 15) is 9.59 Å². The first-order chi connectivity index (χ1) is 15.2. The minimum absolute atomic E-state index is 0.275. The number of terminal acetylenes is 1. The monoisotopic (exact) mass is 436 g/mol. The minimum atomic E-state index is -0.505. The van der Waals surface area contributed by atoms with Gasteiger partial charge in [0, 0.05) is 25.2 Å². The number of imidazole rings is 1. The highest BCUT2D eigenvalue weighted by atomic mass is 16.1. The maximum atomic E-state index is 11.5. The van der Waals surface area contributed by atoms with Gasteiger partial charge in [-0.05, 0) is 53.0 Å². The van der Waals surface area contributed by atoms with Gasteiger partial charge in [0.1, 0.15) is 0 Å². The molecule has 0 aliphatic rings. The van der Waals surface area contributed by atoms with E-state index in [-0.39, 0.29) is 5.69 Å². The van der Waals surface area contributed by atoms with E-state index >= 15 is 0 Å². The van der Waals surface area contributed by atoms with Gasteiger partial charge >= 0.3 is 5.69 Å².